The van der Waals surface area contributed by atoms with Crippen LogP contribution in [-0.4, -0.2) is 17.1 Å². The van der Waals surface area contributed by atoms with Gasteiger partial charge in [-0.2, -0.15) is 0 Å². The van der Waals surface area contributed by atoms with Gasteiger partial charge in [-0.25, -0.2) is 15.8 Å². The van der Waals surface area contributed by atoms with Crippen molar-refractivity contribution in [1.82, 2.24) is 9.97 Å². The number of para-hydroxylation sites is 1. The van der Waals surface area contributed by atoms with Crippen molar-refractivity contribution in [1.29, 1.82) is 0 Å². The molecule has 1 aromatic heterocycles. The minimum Gasteiger partial charge on any atom is -0.496 e. The van der Waals surface area contributed by atoms with Crippen LogP contribution in [0.15, 0.2) is 40.3 Å². The molecule has 0 atom stereocenters. The fraction of sp³-hybridized carbons (Fsp3) is 0.231. The third-order valence-corrected chi connectivity index (χ3v) is 3.47. The molecular weight excluding hydrogens is 260 g/mol. The third kappa shape index (κ3) is 3.36. The first-order chi connectivity index (χ1) is 9.26. The van der Waals surface area contributed by atoms with Gasteiger partial charge in [-0.15, -0.1) is 0 Å². The summed E-state index contributed by atoms with van der Waals surface area (Å²) in [6, 6.07) is 9.64. The molecule has 2 rings (SSSR count). The molecule has 100 valence electrons. The summed E-state index contributed by atoms with van der Waals surface area (Å²) in [4.78, 5) is 9.74. The van der Waals surface area contributed by atoms with Crippen molar-refractivity contribution >= 4 is 17.6 Å². The molecule has 0 aliphatic rings. The van der Waals surface area contributed by atoms with E-state index in [1.54, 1.807) is 7.11 Å². The zero-order valence-corrected chi connectivity index (χ0v) is 11.7. The maximum atomic E-state index is 5.42. The van der Waals surface area contributed by atoms with Crippen LogP contribution in [0, 0.1) is 0 Å². The lowest BCUT2D eigenvalue weighted by atomic mass is 10.3. The van der Waals surface area contributed by atoms with Crippen molar-refractivity contribution in [2.75, 3.05) is 12.5 Å². The fourth-order valence-corrected chi connectivity index (χ4v) is 2.52. The molecule has 0 spiro atoms. The number of nitrogens with one attached hydrogen (secondary N) is 1. The Kier molecular flexibility index (Phi) is 4.59. The summed E-state index contributed by atoms with van der Waals surface area (Å²) in [5.74, 6) is 7.62. The summed E-state index contributed by atoms with van der Waals surface area (Å²) < 4.78 is 5.33. The number of nitrogen functional groups attached to an aromatic ring is 1. The standard InChI is InChI=1S/C13H16N4OS/c1-3-11-15-12(17-14)8-13(16-11)19-10-7-5-4-6-9(10)18-2/h4-8H,3,14H2,1-2H3,(H,15,16,17). The minimum absolute atomic E-state index is 0.615. The first-order valence-corrected chi connectivity index (χ1v) is 6.74. The van der Waals surface area contributed by atoms with Gasteiger partial charge in [-0.1, -0.05) is 30.8 Å². The molecule has 6 heteroatoms. The van der Waals surface area contributed by atoms with Gasteiger partial charge >= 0.3 is 0 Å². The molecule has 0 unspecified atom stereocenters. The van der Waals surface area contributed by atoms with Gasteiger partial charge in [0.05, 0.1) is 12.0 Å². The number of aromatic nitrogens is 2. The van der Waals surface area contributed by atoms with Gasteiger partial charge in [0.2, 0.25) is 0 Å². The van der Waals surface area contributed by atoms with E-state index in [0.717, 1.165) is 27.9 Å². The van der Waals surface area contributed by atoms with Gasteiger partial charge in [-0.3, -0.25) is 0 Å². The monoisotopic (exact) mass is 276 g/mol. The smallest absolute Gasteiger partial charge is 0.144 e. The number of anilines is 1. The predicted octanol–water partition coefficient (Wildman–Crippen LogP) is 2.48. The largest absolute Gasteiger partial charge is 0.496 e. The predicted molar refractivity (Wildman–Crippen MR) is 76.3 cm³/mol. The molecule has 5 nitrogen and oxygen atoms in total. The van der Waals surface area contributed by atoms with Gasteiger partial charge in [0.1, 0.15) is 22.4 Å². The second-order valence-electron chi connectivity index (χ2n) is 3.76. The van der Waals surface area contributed by atoms with E-state index in [1.807, 2.05) is 37.3 Å². The van der Waals surface area contributed by atoms with Gasteiger partial charge in [-0.05, 0) is 12.1 Å². The van der Waals surface area contributed by atoms with Crippen molar-refractivity contribution in [3.05, 3.63) is 36.2 Å². The van der Waals surface area contributed by atoms with Crippen LogP contribution < -0.4 is 16.0 Å². The highest BCUT2D eigenvalue weighted by Gasteiger charge is 2.08. The summed E-state index contributed by atoms with van der Waals surface area (Å²) in [5, 5.41) is 0.837. The van der Waals surface area contributed by atoms with E-state index >= 15 is 0 Å². The van der Waals surface area contributed by atoms with Crippen LogP contribution in [-0.2, 0) is 6.42 Å². The number of benzene rings is 1. The Bertz CT molecular complexity index is 540. The number of hydrogen-bond donors (Lipinski definition) is 2. The zero-order chi connectivity index (χ0) is 13.7. The van der Waals surface area contributed by atoms with Crippen LogP contribution in [0.5, 0.6) is 5.75 Å². The first-order valence-electron chi connectivity index (χ1n) is 5.92. The van der Waals surface area contributed by atoms with E-state index in [9.17, 15) is 0 Å². The van der Waals surface area contributed by atoms with Crippen LogP contribution in [0.2, 0.25) is 0 Å². The number of hydrogen-bond acceptors (Lipinski definition) is 6. The maximum Gasteiger partial charge on any atom is 0.144 e. The van der Waals surface area contributed by atoms with E-state index in [-0.39, 0.29) is 0 Å². The van der Waals surface area contributed by atoms with Gasteiger partial charge in [0, 0.05) is 12.5 Å². The molecule has 0 saturated heterocycles. The summed E-state index contributed by atoms with van der Waals surface area (Å²) in [6.07, 6.45) is 0.759. The van der Waals surface area contributed by atoms with Crippen LogP contribution in [0.1, 0.15) is 12.7 Å². The minimum atomic E-state index is 0.615. The Morgan fingerprint density at radius 2 is 2.11 bits per heavy atom. The Morgan fingerprint density at radius 3 is 2.79 bits per heavy atom. The van der Waals surface area contributed by atoms with Crippen molar-refractivity contribution < 1.29 is 4.74 Å². The Hall–Kier alpha value is -1.79. The number of aryl methyl sites for hydroxylation is 1. The first kappa shape index (κ1) is 13.6. The summed E-state index contributed by atoms with van der Waals surface area (Å²) in [7, 11) is 1.66. The molecule has 0 saturated carbocycles. The Labute approximate surface area is 116 Å². The Balaban J connectivity index is 2.32. The van der Waals surface area contributed by atoms with Gasteiger partial charge in [0.15, 0.2) is 0 Å². The van der Waals surface area contributed by atoms with Crippen LogP contribution in [0.3, 0.4) is 0 Å². The van der Waals surface area contributed by atoms with Gasteiger partial charge < -0.3 is 10.2 Å². The summed E-state index contributed by atoms with van der Waals surface area (Å²) >= 11 is 1.53. The average molecular weight is 276 g/mol. The number of hydrazine groups is 1. The molecule has 0 aliphatic heterocycles. The molecule has 3 N–H and O–H groups in total. The highest BCUT2D eigenvalue weighted by Crippen LogP contribution is 2.34. The lowest BCUT2D eigenvalue weighted by molar-refractivity contribution is 0.405. The number of nitrogens with zero attached hydrogens (tertiary/aromatic N) is 2. The second-order valence-corrected chi connectivity index (χ2v) is 4.82. The molecule has 2 aromatic rings. The second kappa shape index (κ2) is 6.40. The van der Waals surface area contributed by atoms with E-state index in [0.29, 0.717) is 5.82 Å². The number of nitrogens with two attached hydrogens (primary N) is 1. The molecule has 0 aliphatic carbocycles. The molecule has 1 heterocycles. The van der Waals surface area contributed by atoms with E-state index in [4.69, 9.17) is 10.6 Å². The molecule has 0 fully saturated rings. The van der Waals surface area contributed by atoms with Gasteiger partial charge in [0.25, 0.3) is 0 Å². The number of ether oxygens (including phenoxy) is 1. The number of methoxy groups -OCH3 is 1. The molecule has 0 bridgehead atoms. The van der Waals surface area contributed by atoms with Crippen LogP contribution in [0.4, 0.5) is 5.82 Å². The highest BCUT2D eigenvalue weighted by molar-refractivity contribution is 7.99. The lowest BCUT2D eigenvalue weighted by Crippen LogP contribution is -2.10. The topological polar surface area (TPSA) is 73.1 Å². The highest BCUT2D eigenvalue weighted by atomic mass is 32.2. The molecule has 19 heavy (non-hydrogen) atoms. The van der Waals surface area contributed by atoms with Crippen LogP contribution >= 0.6 is 11.8 Å². The molecule has 0 amide bonds. The molecule has 1 aromatic carbocycles. The Morgan fingerprint density at radius 1 is 1.32 bits per heavy atom. The maximum absolute atomic E-state index is 5.42. The molecule has 0 radical (unpaired) electrons. The fourth-order valence-electron chi connectivity index (χ4n) is 1.57. The lowest BCUT2D eigenvalue weighted by Gasteiger charge is -2.09. The SMILES string of the molecule is CCc1nc(NN)cc(Sc2ccccc2OC)n1. The van der Waals surface area contributed by atoms with Crippen molar-refractivity contribution in [2.45, 2.75) is 23.3 Å². The van der Waals surface area contributed by atoms with Crippen LogP contribution in [0.25, 0.3) is 0 Å². The summed E-state index contributed by atoms with van der Waals surface area (Å²) in [6.45, 7) is 2.01. The van der Waals surface area contributed by atoms with Crippen molar-refractivity contribution in [2.24, 2.45) is 5.84 Å². The quantitative estimate of drug-likeness (QED) is 0.496. The van der Waals surface area contributed by atoms with Crippen molar-refractivity contribution in [3.63, 3.8) is 0 Å². The average Bonchev–Trinajstić information content (AvgIpc) is 2.47. The number of rotatable bonds is 5. The van der Waals surface area contributed by atoms with E-state index in [1.165, 1.54) is 11.8 Å². The van der Waals surface area contributed by atoms with E-state index < -0.39 is 0 Å². The van der Waals surface area contributed by atoms with Crippen molar-refractivity contribution in [3.8, 4) is 5.75 Å². The summed E-state index contributed by atoms with van der Waals surface area (Å²) in [5.41, 5.74) is 2.56. The third-order valence-electron chi connectivity index (χ3n) is 2.50. The normalized spacial score (nSPS) is 10.3. The van der Waals surface area contributed by atoms with E-state index in [2.05, 4.69) is 15.4 Å². The molecular formula is C13H16N4OS. The zero-order valence-electron chi connectivity index (χ0n) is 10.9.